The number of thioether (sulfide) groups is 1. The average Bonchev–Trinajstić information content (AvgIpc) is 2.95. The molecule has 1 aromatic rings. The topological polar surface area (TPSA) is 45.5 Å². The van der Waals surface area contributed by atoms with Crippen molar-refractivity contribution in [3.63, 3.8) is 0 Å². The molecule has 2 rings (SSSR count). The van der Waals surface area contributed by atoms with Crippen LogP contribution in [-0.2, 0) is 6.54 Å². The van der Waals surface area contributed by atoms with Crippen LogP contribution in [0.15, 0.2) is 23.5 Å². The number of hydrogen-bond donors (Lipinski definition) is 1. The van der Waals surface area contributed by atoms with Crippen molar-refractivity contribution in [3.8, 4) is 0 Å². The van der Waals surface area contributed by atoms with Crippen molar-refractivity contribution in [3.05, 3.63) is 18.5 Å². The first kappa shape index (κ1) is 17.2. The Bertz CT molecular complexity index is 469. The standard InChI is InChI=1S/C16H29N5S/c1-5-17-15(20-9-10-22-16(3,4)13-20)18-11-14(2)12-21-8-6-7-19-21/h6-8,14H,5,9-13H2,1-4H3,(H,17,18). The van der Waals surface area contributed by atoms with Crippen LogP contribution in [0.25, 0.3) is 0 Å². The fraction of sp³-hybridized carbons (Fsp3) is 0.750. The molecule has 0 spiro atoms. The molecule has 22 heavy (non-hydrogen) atoms. The number of hydrogen-bond acceptors (Lipinski definition) is 3. The van der Waals surface area contributed by atoms with E-state index in [2.05, 4.69) is 54.8 Å². The van der Waals surface area contributed by atoms with E-state index in [4.69, 9.17) is 4.99 Å². The fourth-order valence-corrected chi connectivity index (χ4v) is 3.76. The van der Waals surface area contributed by atoms with E-state index >= 15 is 0 Å². The predicted molar refractivity (Wildman–Crippen MR) is 95.5 cm³/mol. The van der Waals surface area contributed by atoms with Gasteiger partial charge < -0.3 is 10.2 Å². The quantitative estimate of drug-likeness (QED) is 0.667. The highest BCUT2D eigenvalue weighted by Gasteiger charge is 2.28. The zero-order valence-corrected chi connectivity index (χ0v) is 15.1. The molecule has 2 heterocycles. The van der Waals surface area contributed by atoms with Crippen LogP contribution in [0, 0.1) is 5.92 Å². The van der Waals surface area contributed by atoms with Gasteiger partial charge >= 0.3 is 0 Å². The van der Waals surface area contributed by atoms with E-state index in [0.29, 0.717) is 10.7 Å². The van der Waals surface area contributed by atoms with Crippen LogP contribution in [-0.4, -0.2) is 57.3 Å². The fourth-order valence-electron chi connectivity index (χ4n) is 2.65. The molecule has 5 nitrogen and oxygen atoms in total. The third kappa shape index (κ3) is 5.23. The largest absolute Gasteiger partial charge is 0.357 e. The summed E-state index contributed by atoms with van der Waals surface area (Å²) in [5.41, 5.74) is 0. The summed E-state index contributed by atoms with van der Waals surface area (Å²) in [6.07, 6.45) is 3.84. The molecule has 0 aliphatic carbocycles. The van der Waals surface area contributed by atoms with Crippen molar-refractivity contribution < 1.29 is 0 Å². The number of nitrogens with zero attached hydrogens (tertiary/aromatic N) is 4. The molecule has 0 radical (unpaired) electrons. The molecule has 0 saturated carbocycles. The lowest BCUT2D eigenvalue weighted by Crippen LogP contribution is -2.51. The molecule has 1 N–H and O–H groups in total. The summed E-state index contributed by atoms with van der Waals surface area (Å²) in [5.74, 6) is 2.70. The Morgan fingerprint density at radius 1 is 1.50 bits per heavy atom. The van der Waals surface area contributed by atoms with E-state index < -0.39 is 0 Å². The zero-order chi connectivity index (χ0) is 16.0. The Labute approximate surface area is 138 Å². The Balaban J connectivity index is 1.94. The summed E-state index contributed by atoms with van der Waals surface area (Å²) >= 11 is 2.05. The second-order valence-electron chi connectivity index (χ2n) is 6.56. The molecule has 0 bridgehead atoms. The summed E-state index contributed by atoms with van der Waals surface area (Å²) in [6, 6.07) is 1.97. The smallest absolute Gasteiger partial charge is 0.193 e. The zero-order valence-electron chi connectivity index (χ0n) is 14.2. The van der Waals surface area contributed by atoms with Gasteiger partial charge in [-0.15, -0.1) is 0 Å². The Morgan fingerprint density at radius 3 is 2.95 bits per heavy atom. The predicted octanol–water partition coefficient (Wildman–Crippen LogP) is 2.31. The highest BCUT2D eigenvalue weighted by atomic mass is 32.2. The van der Waals surface area contributed by atoms with Crippen LogP contribution in [0.5, 0.6) is 0 Å². The molecule has 1 fully saturated rings. The molecule has 6 heteroatoms. The van der Waals surface area contributed by atoms with Crippen LogP contribution >= 0.6 is 11.8 Å². The van der Waals surface area contributed by atoms with Crippen molar-refractivity contribution >= 4 is 17.7 Å². The van der Waals surface area contributed by atoms with Gasteiger partial charge in [-0.1, -0.05) is 6.92 Å². The molecule has 0 amide bonds. The van der Waals surface area contributed by atoms with Crippen LogP contribution < -0.4 is 5.32 Å². The molecule has 1 atom stereocenters. The molecule has 1 aliphatic rings. The molecule has 1 aromatic heterocycles. The van der Waals surface area contributed by atoms with Crippen molar-refractivity contribution in [2.24, 2.45) is 10.9 Å². The van der Waals surface area contributed by atoms with Crippen molar-refractivity contribution in [1.29, 1.82) is 0 Å². The van der Waals surface area contributed by atoms with Gasteiger partial charge in [-0.25, -0.2) is 0 Å². The van der Waals surface area contributed by atoms with E-state index in [9.17, 15) is 0 Å². The Kier molecular flexibility index (Phi) is 6.17. The number of rotatable bonds is 5. The van der Waals surface area contributed by atoms with Crippen molar-refractivity contribution in [2.45, 2.75) is 39.0 Å². The maximum absolute atomic E-state index is 4.86. The van der Waals surface area contributed by atoms with Gasteiger partial charge in [0.2, 0.25) is 0 Å². The summed E-state index contributed by atoms with van der Waals surface area (Å²) < 4.78 is 2.28. The lowest BCUT2D eigenvalue weighted by atomic mass is 10.2. The second kappa shape index (κ2) is 7.90. The number of nitrogens with one attached hydrogen (secondary N) is 1. The molecule has 1 unspecified atom stereocenters. The first-order valence-corrected chi connectivity index (χ1v) is 9.13. The van der Waals surface area contributed by atoms with Crippen LogP contribution in [0.4, 0.5) is 0 Å². The van der Waals surface area contributed by atoms with Gasteiger partial charge in [-0.3, -0.25) is 9.67 Å². The summed E-state index contributed by atoms with van der Waals surface area (Å²) in [6.45, 7) is 13.8. The summed E-state index contributed by atoms with van der Waals surface area (Å²) in [5, 5.41) is 7.72. The van der Waals surface area contributed by atoms with Crippen molar-refractivity contribution in [2.75, 3.05) is 31.9 Å². The normalized spacial score (nSPS) is 20.0. The SMILES string of the molecule is CCNC(=NCC(C)Cn1cccn1)N1CCSC(C)(C)C1. The average molecular weight is 324 g/mol. The minimum atomic E-state index is 0.301. The van der Waals surface area contributed by atoms with Gasteiger partial charge in [0.15, 0.2) is 5.96 Å². The van der Waals surface area contributed by atoms with E-state index in [1.807, 2.05) is 23.1 Å². The third-order valence-electron chi connectivity index (χ3n) is 3.67. The maximum Gasteiger partial charge on any atom is 0.193 e. The minimum Gasteiger partial charge on any atom is -0.357 e. The molecule has 0 aromatic carbocycles. The molecule has 1 aliphatic heterocycles. The highest BCUT2D eigenvalue weighted by Crippen LogP contribution is 2.29. The lowest BCUT2D eigenvalue weighted by Gasteiger charge is -2.39. The third-order valence-corrected chi connectivity index (χ3v) is 4.97. The van der Waals surface area contributed by atoms with Crippen molar-refractivity contribution in [1.82, 2.24) is 20.0 Å². The Hall–Kier alpha value is -1.17. The van der Waals surface area contributed by atoms with Crippen LogP contribution in [0.3, 0.4) is 0 Å². The molecule has 124 valence electrons. The maximum atomic E-state index is 4.86. The number of guanidine groups is 1. The van der Waals surface area contributed by atoms with E-state index in [0.717, 1.165) is 38.7 Å². The van der Waals surface area contributed by atoms with E-state index in [1.54, 1.807) is 0 Å². The van der Waals surface area contributed by atoms with Crippen LogP contribution in [0.1, 0.15) is 27.7 Å². The van der Waals surface area contributed by atoms with Gasteiger partial charge in [0.1, 0.15) is 0 Å². The monoisotopic (exact) mass is 323 g/mol. The van der Waals surface area contributed by atoms with Gasteiger partial charge in [-0.05, 0) is 32.8 Å². The van der Waals surface area contributed by atoms with E-state index in [1.165, 1.54) is 5.75 Å². The first-order chi connectivity index (χ1) is 10.5. The molecule has 1 saturated heterocycles. The summed E-state index contributed by atoms with van der Waals surface area (Å²) in [7, 11) is 0. The summed E-state index contributed by atoms with van der Waals surface area (Å²) in [4.78, 5) is 7.27. The van der Waals surface area contributed by atoms with E-state index in [-0.39, 0.29) is 0 Å². The van der Waals surface area contributed by atoms with Crippen LogP contribution in [0.2, 0.25) is 0 Å². The van der Waals surface area contributed by atoms with Gasteiger partial charge in [0, 0.05) is 55.6 Å². The van der Waals surface area contributed by atoms with Gasteiger partial charge in [0.05, 0.1) is 0 Å². The first-order valence-electron chi connectivity index (χ1n) is 8.15. The lowest BCUT2D eigenvalue weighted by molar-refractivity contribution is 0.373. The van der Waals surface area contributed by atoms with Gasteiger partial charge in [-0.2, -0.15) is 16.9 Å². The molecular formula is C16H29N5S. The number of aromatic nitrogens is 2. The molecular weight excluding hydrogens is 294 g/mol. The Morgan fingerprint density at radius 2 is 2.32 bits per heavy atom. The second-order valence-corrected chi connectivity index (χ2v) is 8.36. The minimum absolute atomic E-state index is 0.301. The van der Waals surface area contributed by atoms with Gasteiger partial charge in [0.25, 0.3) is 0 Å². The number of aliphatic imine (C=N–C) groups is 1. The highest BCUT2D eigenvalue weighted by molar-refractivity contribution is 8.00.